The number of hydrogen-bond donors (Lipinski definition) is 0. The summed E-state index contributed by atoms with van der Waals surface area (Å²) in [6, 6.07) is 22.1. The average Bonchev–Trinajstić information content (AvgIpc) is 3.02. The van der Waals surface area contributed by atoms with E-state index < -0.39 is 0 Å². The molecule has 0 bridgehead atoms. The molecule has 0 aromatic heterocycles. The van der Waals surface area contributed by atoms with Gasteiger partial charge in [0.25, 0.3) is 0 Å². The molecule has 0 fully saturated rings. The molecule has 0 heteroatoms. The zero-order valence-electron chi connectivity index (χ0n) is 13.7. The second kappa shape index (κ2) is 6.04. The molecule has 0 spiro atoms. The van der Waals surface area contributed by atoms with E-state index >= 15 is 0 Å². The summed E-state index contributed by atoms with van der Waals surface area (Å²) in [5, 5.41) is 2.67. The van der Waals surface area contributed by atoms with Gasteiger partial charge < -0.3 is 0 Å². The van der Waals surface area contributed by atoms with Gasteiger partial charge in [0.05, 0.1) is 0 Å². The Morgan fingerprint density at radius 2 is 1.61 bits per heavy atom. The highest BCUT2D eigenvalue weighted by atomic mass is 14.2. The maximum Gasteiger partial charge on any atom is -0.00517 e. The van der Waals surface area contributed by atoms with Crippen LogP contribution in [0.1, 0.15) is 37.3 Å². The van der Waals surface area contributed by atoms with Gasteiger partial charge in [-0.15, -0.1) is 0 Å². The van der Waals surface area contributed by atoms with E-state index in [2.05, 4.69) is 73.7 Å². The fourth-order valence-electron chi connectivity index (χ4n) is 3.71. The molecule has 1 aliphatic carbocycles. The second-order valence-corrected chi connectivity index (χ2v) is 6.48. The van der Waals surface area contributed by atoms with Crippen LogP contribution in [0.5, 0.6) is 0 Å². The molecule has 4 rings (SSSR count). The molecular weight excluding hydrogens is 276 g/mol. The lowest BCUT2D eigenvalue weighted by molar-refractivity contribution is 0.779. The largest absolute Gasteiger partial charge is 0.0654 e. The van der Waals surface area contributed by atoms with E-state index in [1.165, 1.54) is 52.3 Å². The highest BCUT2D eigenvalue weighted by Gasteiger charge is 2.17. The van der Waals surface area contributed by atoms with Crippen molar-refractivity contribution in [2.75, 3.05) is 0 Å². The van der Waals surface area contributed by atoms with E-state index in [0.717, 1.165) is 6.42 Å². The molecule has 114 valence electrons. The zero-order valence-corrected chi connectivity index (χ0v) is 13.7. The molecule has 0 saturated carbocycles. The number of fused-ring (bicyclic) bond motifs is 2. The number of benzene rings is 3. The van der Waals surface area contributed by atoms with E-state index in [9.17, 15) is 0 Å². The Balaban J connectivity index is 1.80. The molecule has 0 saturated heterocycles. The zero-order chi connectivity index (χ0) is 15.6. The van der Waals surface area contributed by atoms with Gasteiger partial charge in [-0.3, -0.25) is 0 Å². The quantitative estimate of drug-likeness (QED) is 0.506. The molecule has 1 aliphatic rings. The third-order valence-electron chi connectivity index (χ3n) is 4.91. The van der Waals surface area contributed by atoms with Gasteiger partial charge in [-0.05, 0) is 52.3 Å². The van der Waals surface area contributed by atoms with Gasteiger partial charge in [0.2, 0.25) is 0 Å². The number of allylic oxidation sites excluding steroid dienone is 1. The maximum atomic E-state index is 2.42. The van der Waals surface area contributed by atoms with Crippen molar-refractivity contribution in [1.82, 2.24) is 0 Å². The van der Waals surface area contributed by atoms with Crippen LogP contribution in [0.4, 0.5) is 0 Å². The fourth-order valence-corrected chi connectivity index (χ4v) is 3.71. The van der Waals surface area contributed by atoms with Gasteiger partial charge in [0.15, 0.2) is 0 Å². The van der Waals surface area contributed by atoms with E-state index in [1.807, 2.05) is 0 Å². The minimum atomic E-state index is 1.12. The van der Waals surface area contributed by atoms with Crippen LogP contribution in [0.25, 0.3) is 28.0 Å². The van der Waals surface area contributed by atoms with Crippen molar-refractivity contribution in [3.8, 4) is 11.1 Å². The van der Waals surface area contributed by atoms with Crippen LogP contribution in [0, 0.1) is 0 Å². The lowest BCUT2D eigenvalue weighted by Gasteiger charge is -2.12. The van der Waals surface area contributed by atoms with Crippen molar-refractivity contribution >= 4 is 16.8 Å². The van der Waals surface area contributed by atoms with Crippen LogP contribution >= 0.6 is 0 Å². The predicted octanol–water partition coefficient (Wildman–Crippen LogP) is 6.64. The molecule has 0 N–H and O–H groups in total. The standard InChI is InChI=1S/C23H22/c1-2-3-8-17-15-19-11-7-14-22(23(19)16-17)21-13-6-10-18-9-4-5-12-20(18)21/h4-7,9-15H,2-3,8,16H2,1H3. The van der Waals surface area contributed by atoms with Gasteiger partial charge >= 0.3 is 0 Å². The van der Waals surface area contributed by atoms with Crippen molar-refractivity contribution in [2.45, 2.75) is 32.6 Å². The molecule has 0 unspecified atom stereocenters. The van der Waals surface area contributed by atoms with Crippen LogP contribution < -0.4 is 0 Å². The van der Waals surface area contributed by atoms with Crippen LogP contribution in [-0.4, -0.2) is 0 Å². The van der Waals surface area contributed by atoms with Crippen molar-refractivity contribution in [3.05, 3.63) is 77.4 Å². The summed E-state index contributed by atoms with van der Waals surface area (Å²) in [7, 11) is 0. The third kappa shape index (κ3) is 2.59. The monoisotopic (exact) mass is 298 g/mol. The Bertz CT molecular complexity index is 878. The lowest BCUT2D eigenvalue weighted by atomic mass is 9.92. The molecule has 3 aromatic carbocycles. The van der Waals surface area contributed by atoms with E-state index in [1.54, 1.807) is 5.57 Å². The molecular formula is C23H22. The van der Waals surface area contributed by atoms with E-state index in [4.69, 9.17) is 0 Å². The van der Waals surface area contributed by atoms with Gasteiger partial charge in [-0.25, -0.2) is 0 Å². The summed E-state index contributed by atoms with van der Waals surface area (Å²) in [6.07, 6.45) is 7.34. The van der Waals surface area contributed by atoms with Gasteiger partial charge in [0.1, 0.15) is 0 Å². The van der Waals surface area contributed by atoms with Crippen LogP contribution in [0.3, 0.4) is 0 Å². The van der Waals surface area contributed by atoms with E-state index in [0.29, 0.717) is 0 Å². The highest BCUT2D eigenvalue weighted by molar-refractivity contribution is 5.98. The first-order valence-corrected chi connectivity index (χ1v) is 8.66. The molecule has 23 heavy (non-hydrogen) atoms. The Kier molecular flexibility index (Phi) is 3.75. The Labute approximate surface area is 138 Å². The van der Waals surface area contributed by atoms with Crippen molar-refractivity contribution in [1.29, 1.82) is 0 Å². The summed E-state index contributed by atoms with van der Waals surface area (Å²) in [6.45, 7) is 2.27. The Morgan fingerprint density at radius 1 is 0.826 bits per heavy atom. The fraction of sp³-hybridized carbons (Fsp3) is 0.217. The summed E-state index contributed by atoms with van der Waals surface area (Å²) in [5.41, 5.74) is 7.29. The Morgan fingerprint density at radius 3 is 2.52 bits per heavy atom. The van der Waals surface area contributed by atoms with Crippen LogP contribution in [-0.2, 0) is 6.42 Å². The SMILES string of the molecule is CCCCC1=Cc2cccc(-c3cccc4ccccc34)c2C1. The first kappa shape index (κ1) is 14.3. The molecule has 0 aliphatic heterocycles. The third-order valence-corrected chi connectivity index (χ3v) is 4.91. The summed E-state index contributed by atoms with van der Waals surface area (Å²) >= 11 is 0. The molecule has 0 atom stereocenters. The molecule has 0 radical (unpaired) electrons. The van der Waals surface area contributed by atoms with Gasteiger partial charge in [0, 0.05) is 0 Å². The minimum Gasteiger partial charge on any atom is -0.0654 e. The van der Waals surface area contributed by atoms with Gasteiger partial charge in [-0.2, -0.15) is 0 Å². The van der Waals surface area contributed by atoms with Crippen LogP contribution in [0.2, 0.25) is 0 Å². The average molecular weight is 298 g/mol. The molecule has 0 nitrogen and oxygen atoms in total. The topological polar surface area (TPSA) is 0 Å². The first-order valence-electron chi connectivity index (χ1n) is 8.66. The lowest BCUT2D eigenvalue weighted by Crippen LogP contribution is -1.91. The number of rotatable bonds is 4. The van der Waals surface area contributed by atoms with Crippen molar-refractivity contribution < 1.29 is 0 Å². The Hall–Kier alpha value is -2.34. The van der Waals surface area contributed by atoms with Gasteiger partial charge in [-0.1, -0.05) is 85.7 Å². The molecule has 0 heterocycles. The first-order chi connectivity index (χ1) is 11.4. The molecule has 3 aromatic rings. The predicted molar refractivity (Wildman–Crippen MR) is 101 cm³/mol. The second-order valence-electron chi connectivity index (χ2n) is 6.48. The normalized spacial score (nSPS) is 13.2. The highest BCUT2D eigenvalue weighted by Crippen LogP contribution is 2.38. The van der Waals surface area contributed by atoms with Crippen molar-refractivity contribution in [2.24, 2.45) is 0 Å². The number of hydrogen-bond acceptors (Lipinski definition) is 0. The smallest absolute Gasteiger partial charge is 0.00517 e. The summed E-state index contributed by atoms with van der Waals surface area (Å²) < 4.78 is 0. The number of unbranched alkanes of at least 4 members (excludes halogenated alkanes) is 1. The van der Waals surface area contributed by atoms with Crippen molar-refractivity contribution in [3.63, 3.8) is 0 Å². The summed E-state index contributed by atoms with van der Waals surface area (Å²) in [5.74, 6) is 0. The summed E-state index contributed by atoms with van der Waals surface area (Å²) in [4.78, 5) is 0. The minimum absolute atomic E-state index is 1.12. The van der Waals surface area contributed by atoms with E-state index in [-0.39, 0.29) is 0 Å². The maximum absolute atomic E-state index is 2.42. The molecule has 0 amide bonds. The van der Waals surface area contributed by atoms with Crippen LogP contribution in [0.15, 0.2) is 66.2 Å².